The van der Waals surface area contributed by atoms with E-state index in [2.05, 4.69) is 17.6 Å². The number of nitrogens with zero attached hydrogens (tertiary/aromatic N) is 1. The van der Waals surface area contributed by atoms with E-state index in [1.165, 1.54) is 0 Å². The number of benzene rings is 1. The van der Waals surface area contributed by atoms with Crippen LogP contribution in [0, 0.1) is 0 Å². The number of hydrogen-bond acceptors (Lipinski definition) is 4. The third-order valence-corrected chi connectivity index (χ3v) is 3.66. The van der Waals surface area contributed by atoms with Gasteiger partial charge < -0.3 is 15.4 Å². The van der Waals surface area contributed by atoms with Gasteiger partial charge in [-0.2, -0.15) is 0 Å². The van der Waals surface area contributed by atoms with Crippen LogP contribution in [0.5, 0.6) is 5.75 Å². The number of hydrogen-bond donors (Lipinski definition) is 2. The fraction of sp³-hybridized carbons (Fsp3) is 0.556. The summed E-state index contributed by atoms with van der Waals surface area (Å²) in [5.74, 6) is 0.729. The lowest BCUT2D eigenvalue weighted by molar-refractivity contribution is -0.124. The minimum atomic E-state index is -0.0944. The summed E-state index contributed by atoms with van der Waals surface area (Å²) >= 11 is 0. The van der Waals surface area contributed by atoms with Crippen LogP contribution in [0.4, 0.5) is 0 Å². The van der Waals surface area contributed by atoms with E-state index in [-0.39, 0.29) is 24.9 Å². The molecule has 1 aromatic carbocycles. The van der Waals surface area contributed by atoms with Crippen LogP contribution in [0.15, 0.2) is 24.3 Å². The number of rotatable bonds is 10. The van der Waals surface area contributed by atoms with Crippen LogP contribution in [-0.2, 0) is 16.1 Å². The van der Waals surface area contributed by atoms with Gasteiger partial charge in [0.1, 0.15) is 5.75 Å². The Labute approximate surface area is 143 Å². The molecule has 1 aliphatic rings. The van der Waals surface area contributed by atoms with Crippen molar-refractivity contribution in [1.82, 2.24) is 15.5 Å². The van der Waals surface area contributed by atoms with Gasteiger partial charge in [0.2, 0.25) is 11.8 Å². The van der Waals surface area contributed by atoms with E-state index in [1.807, 2.05) is 24.3 Å². The van der Waals surface area contributed by atoms with Gasteiger partial charge >= 0.3 is 0 Å². The molecule has 2 rings (SSSR count). The zero-order chi connectivity index (χ0) is 17.4. The minimum absolute atomic E-state index is 0.0181. The molecule has 1 fully saturated rings. The molecule has 1 aliphatic carbocycles. The van der Waals surface area contributed by atoms with Crippen LogP contribution in [0.1, 0.15) is 31.7 Å². The van der Waals surface area contributed by atoms with Crippen molar-refractivity contribution >= 4 is 11.8 Å². The van der Waals surface area contributed by atoms with Crippen LogP contribution in [0.25, 0.3) is 0 Å². The molecule has 0 bridgehead atoms. The molecular weight excluding hydrogens is 306 g/mol. The second-order valence-electron chi connectivity index (χ2n) is 6.28. The highest BCUT2D eigenvalue weighted by Crippen LogP contribution is 2.18. The van der Waals surface area contributed by atoms with Gasteiger partial charge in [0.25, 0.3) is 0 Å². The predicted octanol–water partition coefficient (Wildman–Crippen LogP) is 1.30. The smallest absolute Gasteiger partial charge is 0.234 e. The van der Waals surface area contributed by atoms with Crippen molar-refractivity contribution in [3.8, 4) is 5.75 Å². The lowest BCUT2D eigenvalue weighted by Gasteiger charge is -2.16. The first kappa shape index (κ1) is 18.3. The summed E-state index contributed by atoms with van der Waals surface area (Å²) in [4.78, 5) is 25.3. The Morgan fingerprint density at radius 2 is 1.83 bits per heavy atom. The Bertz CT molecular complexity index is 541. The second kappa shape index (κ2) is 9.27. The van der Waals surface area contributed by atoms with Crippen molar-refractivity contribution < 1.29 is 14.3 Å². The lowest BCUT2D eigenvalue weighted by atomic mass is 10.2. The molecule has 132 valence electrons. The monoisotopic (exact) mass is 333 g/mol. The zero-order valence-electron chi connectivity index (χ0n) is 14.5. The minimum Gasteiger partial charge on any atom is -0.494 e. The average molecular weight is 333 g/mol. The van der Waals surface area contributed by atoms with Gasteiger partial charge in [0, 0.05) is 12.6 Å². The highest BCUT2D eigenvalue weighted by atomic mass is 16.5. The Hall–Kier alpha value is -2.08. The number of amides is 2. The quantitative estimate of drug-likeness (QED) is 0.677. The molecule has 0 aliphatic heterocycles. The maximum absolute atomic E-state index is 11.9. The molecule has 0 heterocycles. The molecule has 2 N–H and O–H groups in total. The Morgan fingerprint density at radius 3 is 2.46 bits per heavy atom. The highest BCUT2D eigenvalue weighted by molar-refractivity contribution is 5.81. The molecule has 24 heavy (non-hydrogen) atoms. The van der Waals surface area contributed by atoms with Crippen molar-refractivity contribution in [2.45, 2.75) is 38.8 Å². The van der Waals surface area contributed by atoms with Crippen LogP contribution >= 0.6 is 0 Å². The van der Waals surface area contributed by atoms with Gasteiger partial charge in [-0.15, -0.1) is 0 Å². The molecule has 1 saturated carbocycles. The summed E-state index contributed by atoms with van der Waals surface area (Å²) in [6, 6.07) is 8.05. The van der Waals surface area contributed by atoms with E-state index < -0.39 is 0 Å². The first-order valence-corrected chi connectivity index (χ1v) is 8.53. The van der Waals surface area contributed by atoms with Crippen molar-refractivity contribution in [3.63, 3.8) is 0 Å². The Kier molecular flexibility index (Phi) is 7.06. The molecule has 2 amide bonds. The highest BCUT2D eigenvalue weighted by Gasteiger charge is 2.23. The Morgan fingerprint density at radius 1 is 1.17 bits per heavy atom. The van der Waals surface area contributed by atoms with Gasteiger partial charge in [-0.3, -0.25) is 14.5 Å². The molecule has 1 aromatic rings. The van der Waals surface area contributed by atoms with Crippen LogP contribution in [-0.4, -0.2) is 49.5 Å². The molecule has 0 atom stereocenters. The van der Waals surface area contributed by atoms with E-state index in [1.54, 1.807) is 11.9 Å². The topological polar surface area (TPSA) is 70.7 Å². The summed E-state index contributed by atoms with van der Waals surface area (Å²) in [6.45, 7) is 3.69. The van der Waals surface area contributed by atoms with Crippen LogP contribution < -0.4 is 15.4 Å². The number of likely N-dealkylation sites (N-methyl/N-ethyl adjacent to an activating group) is 1. The van der Waals surface area contributed by atoms with Gasteiger partial charge in [-0.05, 0) is 44.0 Å². The fourth-order valence-electron chi connectivity index (χ4n) is 2.23. The number of ether oxygens (including phenoxy) is 1. The SMILES string of the molecule is CCCOc1ccc(CNC(=O)CN(C)CC(=O)NC2CC2)cc1. The lowest BCUT2D eigenvalue weighted by Crippen LogP contribution is -2.41. The van der Waals surface area contributed by atoms with Crippen LogP contribution in [0.3, 0.4) is 0 Å². The maximum Gasteiger partial charge on any atom is 0.234 e. The van der Waals surface area contributed by atoms with Crippen LogP contribution in [0.2, 0.25) is 0 Å². The molecular formula is C18H27N3O3. The van der Waals surface area contributed by atoms with Gasteiger partial charge in [-0.25, -0.2) is 0 Å². The van der Waals surface area contributed by atoms with E-state index >= 15 is 0 Å². The predicted molar refractivity (Wildman–Crippen MR) is 92.7 cm³/mol. The normalized spacial score (nSPS) is 13.6. The van der Waals surface area contributed by atoms with E-state index in [4.69, 9.17) is 4.74 Å². The number of carbonyl (C=O) groups is 2. The van der Waals surface area contributed by atoms with Crippen molar-refractivity contribution in [3.05, 3.63) is 29.8 Å². The fourth-order valence-corrected chi connectivity index (χ4v) is 2.23. The first-order valence-electron chi connectivity index (χ1n) is 8.53. The number of nitrogens with one attached hydrogen (secondary N) is 2. The molecule has 0 radical (unpaired) electrons. The first-order chi connectivity index (χ1) is 11.6. The third-order valence-electron chi connectivity index (χ3n) is 3.66. The van der Waals surface area contributed by atoms with E-state index in [9.17, 15) is 9.59 Å². The maximum atomic E-state index is 11.9. The molecule has 6 heteroatoms. The molecule has 0 saturated heterocycles. The summed E-state index contributed by atoms with van der Waals surface area (Å²) < 4.78 is 5.53. The second-order valence-corrected chi connectivity index (χ2v) is 6.28. The average Bonchev–Trinajstić information content (AvgIpc) is 3.35. The van der Waals surface area contributed by atoms with Gasteiger partial charge in [0.15, 0.2) is 0 Å². The summed E-state index contributed by atoms with van der Waals surface area (Å²) in [6.07, 6.45) is 3.11. The molecule has 0 aromatic heterocycles. The summed E-state index contributed by atoms with van der Waals surface area (Å²) in [7, 11) is 1.77. The largest absolute Gasteiger partial charge is 0.494 e. The van der Waals surface area contributed by atoms with Gasteiger partial charge in [0.05, 0.1) is 19.7 Å². The van der Waals surface area contributed by atoms with E-state index in [0.717, 1.165) is 30.6 Å². The standard InChI is InChI=1S/C18H27N3O3/c1-3-10-24-16-8-4-14(5-9-16)11-19-17(22)12-21(2)13-18(23)20-15-6-7-15/h4-5,8-9,15H,3,6-7,10-13H2,1-2H3,(H,19,22)(H,20,23). The zero-order valence-corrected chi connectivity index (χ0v) is 14.5. The van der Waals surface area contributed by atoms with Crippen molar-refractivity contribution in [1.29, 1.82) is 0 Å². The van der Waals surface area contributed by atoms with Gasteiger partial charge in [-0.1, -0.05) is 19.1 Å². The summed E-state index contributed by atoms with van der Waals surface area (Å²) in [5, 5.41) is 5.78. The summed E-state index contributed by atoms with van der Waals surface area (Å²) in [5.41, 5.74) is 1.02. The molecule has 0 unspecified atom stereocenters. The van der Waals surface area contributed by atoms with E-state index in [0.29, 0.717) is 19.2 Å². The number of carbonyl (C=O) groups excluding carboxylic acids is 2. The Balaban J connectivity index is 1.65. The molecule has 0 spiro atoms. The van der Waals surface area contributed by atoms with Crippen molar-refractivity contribution in [2.24, 2.45) is 0 Å². The van der Waals surface area contributed by atoms with Crippen molar-refractivity contribution in [2.75, 3.05) is 26.7 Å². The molecule has 6 nitrogen and oxygen atoms in total. The third kappa shape index (κ3) is 7.00.